The molecule has 15 heavy (non-hydrogen) atoms. The van der Waals surface area contributed by atoms with Crippen molar-refractivity contribution >= 4 is 27.0 Å². The van der Waals surface area contributed by atoms with E-state index in [2.05, 4.69) is 20.9 Å². The van der Waals surface area contributed by atoms with Gasteiger partial charge in [-0.15, -0.1) is 0 Å². The lowest BCUT2D eigenvalue weighted by Crippen LogP contribution is -2.19. The lowest BCUT2D eigenvalue weighted by Gasteiger charge is -2.03. The van der Waals surface area contributed by atoms with E-state index in [1.54, 1.807) is 11.7 Å². The highest BCUT2D eigenvalue weighted by Crippen LogP contribution is 2.21. The van der Waals surface area contributed by atoms with Crippen LogP contribution in [0.5, 0.6) is 0 Å². The molecule has 0 bridgehead atoms. The Morgan fingerprint density at radius 1 is 1.53 bits per heavy atom. The van der Waals surface area contributed by atoms with Crippen molar-refractivity contribution in [1.82, 2.24) is 9.55 Å². The number of aromatic nitrogens is 2. The number of nitrogens with zero attached hydrogens (tertiary/aromatic N) is 1. The molecule has 0 aliphatic carbocycles. The number of nitrogens with one attached hydrogen (secondary N) is 1. The van der Waals surface area contributed by atoms with Crippen molar-refractivity contribution in [2.24, 2.45) is 0 Å². The van der Waals surface area contributed by atoms with Crippen molar-refractivity contribution < 1.29 is 4.74 Å². The molecule has 1 aromatic carbocycles. The van der Waals surface area contributed by atoms with Gasteiger partial charge in [-0.05, 0) is 28.1 Å². The third-order valence-corrected chi connectivity index (χ3v) is 2.90. The average molecular weight is 271 g/mol. The van der Waals surface area contributed by atoms with Crippen molar-refractivity contribution in [2.75, 3.05) is 13.7 Å². The number of imidazole rings is 1. The molecule has 1 N–H and O–H groups in total. The number of halogens is 1. The first kappa shape index (κ1) is 10.4. The Morgan fingerprint density at radius 3 is 3.07 bits per heavy atom. The van der Waals surface area contributed by atoms with E-state index in [1.807, 2.05) is 18.2 Å². The van der Waals surface area contributed by atoms with Gasteiger partial charge in [0.2, 0.25) is 0 Å². The highest BCUT2D eigenvalue weighted by atomic mass is 79.9. The van der Waals surface area contributed by atoms with Crippen LogP contribution < -0.4 is 5.69 Å². The topological polar surface area (TPSA) is 47.0 Å². The van der Waals surface area contributed by atoms with Gasteiger partial charge in [0.25, 0.3) is 0 Å². The molecule has 0 radical (unpaired) electrons. The van der Waals surface area contributed by atoms with E-state index in [1.165, 1.54) is 0 Å². The van der Waals surface area contributed by atoms with Gasteiger partial charge in [0.15, 0.2) is 0 Å². The maximum Gasteiger partial charge on any atom is 0.326 e. The molecule has 4 nitrogen and oxygen atoms in total. The molecule has 0 unspecified atom stereocenters. The Balaban J connectivity index is 2.61. The fourth-order valence-electron chi connectivity index (χ4n) is 1.57. The van der Waals surface area contributed by atoms with Gasteiger partial charge in [-0.25, -0.2) is 4.79 Å². The number of para-hydroxylation sites is 1. The second-order valence-corrected chi connectivity index (χ2v) is 4.06. The van der Waals surface area contributed by atoms with E-state index < -0.39 is 0 Å². The van der Waals surface area contributed by atoms with E-state index in [4.69, 9.17) is 4.74 Å². The average Bonchev–Trinajstić information content (AvgIpc) is 2.53. The number of rotatable bonds is 3. The second kappa shape index (κ2) is 4.20. The summed E-state index contributed by atoms with van der Waals surface area (Å²) in [6.07, 6.45) is 0. The summed E-state index contributed by atoms with van der Waals surface area (Å²) in [5, 5.41) is 0. The number of aromatic amines is 1. The predicted molar refractivity (Wildman–Crippen MR) is 62.1 cm³/mol. The molecule has 2 rings (SSSR count). The third kappa shape index (κ3) is 1.85. The fourth-order valence-corrected chi connectivity index (χ4v) is 2.15. The molecule has 0 saturated heterocycles. The Hall–Kier alpha value is -1.07. The normalized spacial score (nSPS) is 11.1. The molecule has 0 fully saturated rings. The maximum atomic E-state index is 11.6. The minimum atomic E-state index is -0.103. The zero-order chi connectivity index (χ0) is 10.8. The van der Waals surface area contributed by atoms with Crippen LogP contribution in [0.4, 0.5) is 0 Å². The number of H-pyrrole nitrogens is 1. The lowest BCUT2D eigenvalue weighted by atomic mass is 10.3. The van der Waals surface area contributed by atoms with Gasteiger partial charge in [0, 0.05) is 11.6 Å². The predicted octanol–water partition coefficient (Wildman–Crippen LogP) is 1.74. The first-order chi connectivity index (χ1) is 7.24. The van der Waals surface area contributed by atoms with Crippen LogP contribution in [-0.2, 0) is 11.3 Å². The summed E-state index contributed by atoms with van der Waals surface area (Å²) < 4.78 is 7.55. The van der Waals surface area contributed by atoms with E-state index in [0.717, 1.165) is 15.5 Å². The molecule has 2 aromatic rings. The third-order valence-electron chi connectivity index (χ3n) is 2.26. The Labute approximate surface area is 95.0 Å². The summed E-state index contributed by atoms with van der Waals surface area (Å²) >= 11 is 3.43. The first-order valence-electron chi connectivity index (χ1n) is 4.60. The Morgan fingerprint density at radius 2 is 2.33 bits per heavy atom. The van der Waals surface area contributed by atoms with Gasteiger partial charge < -0.3 is 9.72 Å². The Kier molecular flexibility index (Phi) is 2.93. The van der Waals surface area contributed by atoms with E-state index in [-0.39, 0.29) is 5.69 Å². The molecular weight excluding hydrogens is 260 g/mol. The molecule has 0 atom stereocenters. The summed E-state index contributed by atoms with van der Waals surface area (Å²) in [5.41, 5.74) is 1.62. The Bertz CT molecular complexity index is 530. The maximum absolute atomic E-state index is 11.6. The van der Waals surface area contributed by atoms with E-state index in [9.17, 15) is 4.79 Å². The molecule has 1 aromatic heterocycles. The van der Waals surface area contributed by atoms with Gasteiger partial charge >= 0.3 is 5.69 Å². The molecule has 0 aliphatic rings. The van der Waals surface area contributed by atoms with Crippen LogP contribution >= 0.6 is 15.9 Å². The van der Waals surface area contributed by atoms with Crippen molar-refractivity contribution in [3.8, 4) is 0 Å². The highest BCUT2D eigenvalue weighted by molar-refractivity contribution is 9.10. The highest BCUT2D eigenvalue weighted by Gasteiger charge is 2.08. The largest absolute Gasteiger partial charge is 0.383 e. The summed E-state index contributed by atoms with van der Waals surface area (Å²) in [6.45, 7) is 1.08. The van der Waals surface area contributed by atoms with Crippen molar-refractivity contribution in [2.45, 2.75) is 6.54 Å². The molecule has 0 saturated carbocycles. The van der Waals surface area contributed by atoms with E-state index >= 15 is 0 Å². The van der Waals surface area contributed by atoms with Gasteiger partial charge in [-0.1, -0.05) is 6.07 Å². The lowest BCUT2D eigenvalue weighted by molar-refractivity contribution is 0.187. The number of fused-ring (bicyclic) bond motifs is 1. The van der Waals surface area contributed by atoms with Crippen LogP contribution in [-0.4, -0.2) is 23.3 Å². The van der Waals surface area contributed by atoms with Crippen molar-refractivity contribution in [1.29, 1.82) is 0 Å². The molecule has 80 valence electrons. The van der Waals surface area contributed by atoms with Crippen molar-refractivity contribution in [3.63, 3.8) is 0 Å². The van der Waals surface area contributed by atoms with E-state index in [0.29, 0.717) is 13.2 Å². The zero-order valence-corrected chi connectivity index (χ0v) is 9.87. The minimum absolute atomic E-state index is 0.103. The first-order valence-corrected chi connectivity index (χ1v) is 5.39. The quantitative estimate of drug-likeness (QED) is 0.924. The molecule has 1 heterocycles. The molecular formula is C10H11BrN2O2. The number of methoxy groups -OCH3 is 1. The number of hydrogen-bond donors (Lipinski definition) is 1. The summed E-state index contributed by atoms with van der Waals surface area (Å²) in [6, 6.07) is 5.69. The van der Waals surface area contributed by atoms with Crippen LogP contribution in [0.25, 0.3) is 11.0 Å². The van der Waals surface area contributed by atoms with Crippen LogP contribution in [0.1, 0.15) is 0 Å². The SMILES string of the molecule is COCCn1c(=O)[nH]c2cccc(Br)c21. The summed E-state index contributed by atoms with van der Waals surface area (Å²) in [5.74, 6) is 0. The molecule has 0 aliphatic heterocycles. The molecule has 0 amide bonds. The monoisotopic (exact) mass is 270 g/mol. The smallest absolute Gasteiger partial charge is 0.326 e. The minimum Gasteiger partial charge on any atom is -0.383 e. The number of ether oxygens (including phenoxy) is 1. The van der Waals surface area contributed by atoms with Gasteiger partial charge in [-0.2, -0.15) is 0 Å². The summed E-state index contributed by atoms with van der Waals surface area (Å²) in [7, 11) is 1.62. The van der Waals surface area contributed by atoms with Gasteiger partial charge in [0.05, 0.1) is 24.2 Å². The molecule has 0 spiro atoms. The van der Waals surface area contributed by atoms with Crippen molar-refractivity contribution in [3.05, 3.63) is 33.2 Å². The van der Waals surface area contributed by atoms with Crippen LogP contribution in [0.3, 0.4) is 0 Å². The van der Waals surface area contributed by atoms with Crippen LogP contribution in [0, 0.1) is 0 Å². The van der Waals surface area contributed by atoms with Gasteiger partial charge in [-0.3, -0.25) is 4.57 Å². The zero-order valence-electron chi connectivity index (χ0n) is 8.29. The summed E-state index contributed by atoms with van der Waals surface area (Å²) in [4.78, 5) is 14.4. The van der Waals surface area contributed by atoms with Gasteiger partial charge in [0.1, 0.15) is 0 Å². The second-order valence-electron chi connectivity index (χ2n) is 3.21. The number of benzene rings is 1. The fraction of sp³-hybridized carbons (Fsp3) is 0.300. The van der Waals surface area contributed by atoms with Crippen LogP contribution in [0.15, 0.2) is 27.5 Å². The standard InChI is InChI=1S/C10H11BrN2O2/c1-15-6-5-13-9-7(11)3-2-4-8(9)12-10(13)14/h2-4H,5-6H2,1H3,(H,12,14). The number of hydrogen-bond acceptors (Lipinski definition) is 2. The van der Waals surface area contributed by atoms with Crippen LogP contribution in [0.2, 0.25) is 0 Å². The molecule has 5 heteroatoms.